The van der Waals surface area contributed by atoms with Gasteiger partial charge < -0.3 is 5.32 Å². The largest absolute Gasteiger partial charge is 0.320 e. The molecule has 6 nitrogen and oxygen atoms in total. The lowest BCUT2D eigenvalue weighted by atomic mass is 10.1. The molecule has 26 heavy (non-hydrogen) atoms. The van der Waals surface area contributed by atoms with E-state index in [1.54, 1.807) is 42.5 Å². The van der Waals surface area contributed by atoms with Crippen LogP contribution in [0.25, 0.3) is 10.8 Å². The third-order valence-corrected chi connectivity index (χ3v) is 4.15. The van der Waals surface area contributed by atoms with Gasteiger partial charge in [-0.1, -0.05) is 24.3 Å². The molecule has 0 fully saturated rings. The predicted molar refractivity (Wildman–Crippen MR) is 100 cm³/mol. The number of fused-ring (bicyclic) bond motifs is 1. The van der Waals surface area contributed by atoms with Crippen LogP contribution in [0.3, 0.4) is 0 Å². The second kappa shape index (κ2) is 6.81. The first kappa shape index (κ1) is 17.4. The summed E-state index contributed by atoms with van der Waals surface area (Å²) in [5, 5.41) is 17.1. The highest BCUT2D eigenvalue weighted by Crippen LogP contribution is 2.20. The van der Waals surface area contributed by atoms with E-state index in [4.69, 9.17) is 5.26 Å². The van der Waals surface area contributed by atoms with E-state index in [9.17, 15) is 9.59 Å². The van der Waals surface area contributed by atoms with Crippen molar-refractivity contribution < 1.29 is 4.79 Å². The van der Waals surface area contributed by atoms with Crippen molar-refractivity contribution in [3.63, 3.8) is 0 Å². The second-order valence-corrected chi connectivity index (χ2v) is 6.33. The van der Waals surface area contributed by atoms with Crippen LogP contribution < -0.4 is 10.9 Å². The van der Waals surface area contributed by atoms with Crippen molar-refractivity contribution in [3.05, 3.63) is 69.6 Å². The van der Waals surface area contributed by atoms with Crippen molar-refractivity contribution in [2.75, 3.05) is 5.32 Å². The molecule has 0 spiro atoms. The van der Waals surface area contributed by atoms with Crippen LogP contribution >= 0.6 is 0 Å². The summed E-state index contributed by atoms with van der Waals surface area (Å²) < 4.78 is 1.32. The number of nitrogens with one attached hydrogen (secondary N) is 1. The Morgan fingerprint density at radius 1 is 1.19 bits per heavy atom. The molecule has 3 rings (SSSR count). The van der Waals surface area contributed by atoms with Crippen LogP contribution in [0.5, 0.6) is 0 Å². The molecular formula is C20H18N4O2. The van der Waals surface area contributed by atoms with E-state index >= 15 is 0 Å². The molecule has 0 radical (unpaired) electrons. The molecule has 1 amide bonds. The van der Waals surface area contributed by atoms with Gasteiger partial charge in [-0.2, -0.15) is 10.4 Å². The fourth-order valence-electron chi connectivity index (χ4n) is 2.73. The van der Waals surface area contributed by atoms with Gasteiger partial charge in [0.05, 0.1) is 23.1 Å². The van der Waals surface area contributed by atoms with Gasteiger partial charge in [-0.05, 0) is 44.5 Å². The van der Waals surface area contributed by atoms with E-state index in [2.05, 4.69) is 16.5 Å². The number of hydrogen-bond acceptors (Lipinski definition) is 4. The number of rotatable bonds is 3. The molecule has 6 heteroatoms. The Labute approximate surface area is 150 Å². The Kier molecular flexibility index (Phi) is 4.55. The molecule has 3 aromatic rings. The zero-order valence-electron chi connectivity index (χ0n) is 14.8. The Bertz CT molecular complexity index is 1110. The zero-order valence-corrected chi connectivity index (χ0v) is 14.8. The lowest BCUT2D eigenvalue weighted by molar-refractivity contribution is 0.102. The lowest BCUT2D eigenvalue weighted by Crippen LogP contribution is -2.29. The number of carbonyl (C=O) groups is 1. The minimum absolute atomic E-state index is 0.177. The fraction of sp³-hybridized carbons (Fsp3) is 0.200. The molecule has 0 unspecified atom stereocenters. The van der Waals surface area contributed by atoms with Crippen LogP contribution in [0, 0.1) is 18.3 Å². The maximum Gasteiger partial charge on any atom is 0.276 e. The van der Waals surface area contributed by atoms with E-state index in [0.29, 0.717) is 22.0 Å². The number of benzene rings is 2. The first-order chi connectivity index (χ1) is 12.4. The quantitative estimate of drug-likeness (QED) is 0.787. The SMILES string of the molecule is Cc1ccc(C#N)cc1NC(=O)c1nn(C(C)C)c(=O)c2ccccc12. The Morgan fingerprint density at radius 2 is 1.88 bits per heavy atom. The van der Waals surface area contributed by atoms with E-state index in [1.165, 1.54) is 4.68 Å². The van der Waals surface area contributed by atoms with Gasteiger partial charge in [0.15, 0.2) is 5.69 Å². The van der Waals surface area contributed by atoms with Gasteiger partial charge in [-0.15, -0.1) is 0 Å². The van der Waals surface area contributed by atoms with Crippen molar-refractivity contribution in [1.82, 2.24) is 9.78 Å². The molecular weight excluding hydrogens is 328 g/mol. The van der Waals surface area contributed by atoms with Gasteiger partial charge >= 0.3 is 0 Å². The molecule has 0 bridgehead atoms. The number of hydrogen-bond donors (Lipinski definition) is 1. The van der Waals surface area contributed by atoms with Crippen molar-refractivity contribution in [1.29, 1.82) is 5.26 Å². The number of anilines is 1. The van der Waals surface area contributed by atoms with Gasteiger partial charge in [-0.3, -0.25) is 9.59 Å². The van der Waals surface area contributed by atoms with Crippen molar-refractivity contribution in [2.45, 2.75) is 26.8 Å². The maximum absolute atomic E-state index is 12.9. The zero-order chi connectivity index (χ0) is 18.8. The van der Waals surface area contributed by atoms with Crippen LogP contribution in [0.15, 0.2) is 47.3 Å². The second-order valence-electron chi connectivity index (χ2n) is 6.33. The van der Waals surface area contributed by atoms with Crippen LogP contribution in [0.4, 0.5) is 5.69 Å². The summed E-state index contributed by atoms with van der Waals surface area (Å²) >= 11 is 0. The summed E-state index contributed by atoms with van der Waals surface area (Å²) in [4.78, 5) is 25.5. The number of carbonyl (C=O) groups excluding carboxylic acids is 1. The van der Waals surface area contributed by atoms with Crippen LogP contribution in [0.1, 0.15) is 41.5 Å². The molecule has 2 aromatic carbocycles. The third-order valence-electron chi connectivity index (χ3n) is 4.15. The summed E-state index contributed by atoms with van der Waals surface area (Å²) in [6.07, 6.45) is 0. The van der Waals surface area contributed by atoms with Crippen molar-refractivity contribution >= 4 is 22.4 Å². The van der Waals surface area contributed by atoms with E-state index in [1.807, 2.05) is 20.8 Å². The lowest BCUT2D eigenvalue weighted by Gasteiger charge is -2.14. The summed E-state index contributed by atoms with van der Waals surface area (Å²) in [5.41, 5.74) is 1.78. The van der Waals surface area contributed by atoms with Crippen LogP contribution in [-0.2, 0) is 0 Å². The van der Waals surface area contributed by atoms with Crippen LogP contribution in [0.2, 0.25) is 0 Å². The number of nitrogens with zero attached hydrogens (tertiary/aromatic N) is 3. The summed E-state index contributed by atoms with van der Waals surface area (Å²) in [5.74, 6) is -0.422. The fourth-order valence-corrected chi connectivity index (χ4v) is 2.73. The molecule has 130 valence electrons. The minimum atomic E-state index is -0.422. The number of nitriles is 1. The molecule has 0 aliphatic rings. The Balaban J connectivity index is 2.13. The molecule has 0 saturated heterocycles. The highest BCUT2D eigenvalue weighted by molar-refractivity contribution is 6.11. The maximum atomic E-state index is 12.9. The predicted octanol–water partition coefficient (Wildman–Crippen LogP) is 3.41. The topological polar surface area (TPSA) is 87.8 Å². The molecule has 1 heterocycles. The van der Waals surface area contributed by atoms with Gasteiger partial charge in [0.2, 0.25) is 0 Å². The van der Waals surface area contributed by atoms with Crippen molar-refractivity contribution in [2.24, 2.45) is 0 Å². The highest BCUT2D eigenvalue weighted by atomic mass is 16.2. The average molecular weight is 346 g/mol. The van der Waals surface area contributed by atoms with E-state index in [0.717, 1.165) is 5.56 Å². The summed E-state index contributed by atoms with van der Waals surface area (Å²) in [7, 11) is 0. The first-order valence-corrected chi connectivity index (χ1v) is 8.26. The standard InChI is InChI=1S/C20H18N4O2/c1-12(2)24-20(26)16-7-5-4-6-15(16)18(23-24)19(25)22-17-10-14(11-21)9-8-13(17)3/h4-10,12H,1-3H3,(H,22,25). The van der Waals surface area contributed by atoms with Gasteiger partial charge in [0, 0.05) is 11.1 Å². The summed E-state index contributed by atoms with van der Waals surface area (Å²) in [6, 6.07) is 13.9. The third kappa shape index (κ3) is 3.07. The minimum Gasteiger partial charge on any atom is -0.320 e. The summed E-state index contributed by atoms with van der Waals surface area (Å²) in [6.45, 7) is 5.52. The van der Waals surface area contributed by atoms with Crippen molar-refractivity contribution in [3.8, 4) is 6.07 Å². The van der Waals surface area contributed by atoms with E-state index < -0.39 is 5.91 Å². The molecule has 0 saturated carbocycles. The van der Waals surface area contributed by atoms with Gasteiger partial charge in [-0.25, -0.2) is 4.68 Å². The Hall–Kier alpha value is -3.46. The highest BCUT2D eigenvalue weighted by Gasteiger charge is 2.18. The smallest absolute Gasteiger partial charge is 0.276 e. The number of aryl methyl sites for hydroxylation is 1. The normalized spacial score (nSPS) is 10.7. The Morgan fingerprint density at radius 3 is 2.54 bits per heavy atom. The molecule has 1 aromatic heterocycles. The van der Waals surface area contributed by atoms with Gasteiger partial charge in [0.1, 0.15) is 0 Å². The van der Waals surface area contributed by atoms with Crippen LogP contribution in [-0.4, -0.2) is 15.7 Å². The number of aromatic nitrogens is 2. The first-order valence-electron chi connectivity index (χ1n) is 8.26. The monoisotopic (exact) mass is 346 g/mol. The molecule has 1 N–H and O–H groups in total. The number of amides is 1. The average Bonchev–Trinajstić information content (AvgIpc) is 2.63. The molecule has 0 aliphatic carbocycles. The van der Waals surface area contributed by atoms with E-state index in [-0.39, 0.29) is 17.3 Å². The van der Waals surface area contributed by atoms with Gasteiger partial charge in [0.25, 0.3) is 11.5 Å². The molecule has 0 atom stereocenters. The molecule has 0 aliphatic heterocycles.